The molecule has 2 heterocycles. The standard InChI is InChI=1S/C23H15NOS/c1-3-9-16(10-4-1)21-18-13-7-8-14-19(18)22(25-21)20-23(26-15-24-20)17-11-5-2-6-12-17/h1-15H. The molecule has 0 amide bonds. The summed E-state index contributed by atoms with van der Waals surface area (Å²) in [6.45, 7) is 0. The quantitative estimate of drug-likeness (QED) is 0.353. The average Bonchev–Trinajstić information content (AvgIpc) is 3.34. The number of fused-ring (bicyclic) bond motifs is 1. The van der Waals surface area contributed by atoms with Gasteiger partial charge in [0.15, 0.2) is 5.76 Å². The van der Waals surface area contributed by atoms with E-state index in [4.69, 9.17) is 4.42 Å². The first-order chi connectivity index (χ1) is 12.9. The maximum Gasteiger partial charge on any atom is 0.162 e. The Morgan fingerprint density at radius 3 is 1.88 bits per heavy atom. The van der Waals surface area contributed by atoms with Gasteiger partial charge in [-0.15, -0.1) is 11.3 Å². The minimum atomic E-state index is 0.833. The van der Waals surface area contributed by atoms with E-state index < -0.39 is 0 Å². The smallest absolute Gasteiger partial charge is 0.162 e. The zero-order chi connectivity index (χ0) is 17.3. The van der Waals surface area contributed by atoms with Crippen LogP contribution in [0, 0.1) is 0 Å². The van der Waals surface area contributed by atoms with E-state index in [1.165, 1.54) is 0 Å². The molecule has 0 fully saturated rings. The fourth-order valence-electron chi connectivity index (χ4n) is 3.27. The lowest BCUT2D eigenvalue weighted by Gasteiger charge is -2.01. The third-order valence-corrected chi connectivity index (χ3v) is 5.35. The van der Waals surface area contributed by atoms with Crippen LogP contribution in [0.15, 0.2) is 94.9 Å². The van der Waals surface area contributed by atoms with E-state index >= 15 is 0 Å². The molecule has 5 rings (SSSR count). The molecule has 0 aliphatic rings. The predicted octanol–water partition coefficient (Wildman–Crippen LogP) is 6.89. The molecule has 0 spiro atoms. The molecule has 0 aliphatic carbocycles. The molecule has 0 bridgehead atoms. The molecule has 2 aromatic heterocycles. The van der Waals surface area contributed by atoms with Gasteiger partial charge in [0, 0.05) is 16.3 Å². The van der Waals surface area contributed by atoms with Crippen molar-refractivity contribution in [2.24, 2.45) is 0 Å². The molecule has 0 radical (unpaired) electrons. The summed E-state index contributed by atoms with van der Waals surface area (Å²) in [5.74, 6) is 1.72. The van der Waals surface area contributed by atoms with Gasteiger partial charge < -0.3 is 4.42 Å². The van der Waals surface area contributed by atoms with Gasteiger partial charge in [0.05, 0.1) is 10.4 Å². The highest BCUT2D eigenvalue weighted by molar-refractivity contribution is 7.13. The van der Waals surface area contributed by atoms with Crippen LogP contribution in [-0.4, -0.2) is 4.98 Å². The first kappa shape index (κ1) is 15.1. The number of thiazole rings is 1. The average molecular weight is 353 g/mol. The molecule has 0 saturated carbocycles. The van der Waals surface area contributed by atoms with Crippen LogP contribution in [0.2, 0.25) is 0 Å². The summed E-state index contributed by atoms with van der Waals surface area (Å²) in [5.41, 5.74) is 5.02. The first-order valence-corrected chi connectivity index (χ1v) is 9.36. The maximum atomic E-state index is 6.40. The number of benzene rings is 3. The maximum absolute atomic E-state index is 6.40. The van der Waals surface area contributed by atoms with Crippen molar-refractivity contribution in [3.63, 3.8) is 0 Å². The van der Waals surface area contributed by atoms with Gasteiger partial charge in [0.25, 0.3) is 0 Å². The van der Waals surface area contributed by atoms with Crippen LogP contribution in [0.5, 0.6) is 0 Å². The lowest BCUT2D eigenvalue weighted by molar-refractivity contribution is 0.600. The molecule has 0 N–H and O–H groups in total. The molecule has 2 nitrogen and oxygen atoms in total. The van der Waals surface area contributed by atoms with Crippen LogP contribution in [0.4, 0.5) is 0 Å². The molecule has 3 heteroatoms. The summed E-state index contributed by atoms with van der Waals surface area (Å²) in [7, 11) is 0. The monoisotopic (exact) mass is 353 g/mol. The van der Waals surface area contributed by atoms with E-state index in [2.05, 4.69) is 53.5 Å². The van der Waals surface area contributed by atoms with Gasteiger partial charge in [-0.3, -0.25) is 0 Å². The Bertz CT molecular complexity index is 1170. The Kier molecular flexibility index (Phi) is 3.65. The van der Waals surface area contributed by atoms with Gasteiger partial charge in [-0.2, -0.15) is 0 Å². The number of furan rings is 1. The predicted molar refractivity (Wildman–Crippen MR) is 108 cm³/mol. The molecule has 0 aliphatic heterocycles. The second-order valence-corrected chi connectivity index (χ2v) is 6.92. The highest BCUT2D eigenvalue weighted by atomic mass is 32.1. The van der Waals surface area contributed by atoms with Gasteiger partial charge in [-0.05, 0) is 5.56 Å². The zero-order valence-electron chi connectivity index (χ0n) is 13.9. The third kappa shape index (κ3) is 2.45. The van der Waals surface area contributed by atoms with E-state index in [0.717, 1.165) is 44.0 Å². The van der Waals surface area contributed by atoms with Crippen LogP contribution < -0.4 is 0 Å². The van der Waals surface area contributed by atoms with Gasteiger partial charge in [-0.1, -0.05) is 84.9 Å². The van der Waals surface area contributed by atoms with Crippen molar-refractivity contribution < 1.29 is 4.42 Å². The molecule has 26 heavy (non-hydrogen) atoms. The van der Waals surface area contributed by atoms with Crippen LogP contribution >= 0.6 is 11.3 Å². The molecular weight excluding hydrogens is 338 g/mol. The topological polar surface area (TPSA) is 26.0 Å². The van der Waals surface area contributed by atoms with Crippen molar-refractivity contribution in [1.82, 2.24) is 4.98 Å². The van der Waals surface area contributed by atoms with Crippen molar-refractivity contribution in [1.29, 1.82) is 0 Å². The van der Waals surface area contributed by atoms with Crippen molar-refractivity contribution in [2.75, 3.05) is 0 Å². The minimum absolute atomic E-state index is 0.833. The van der Waals surface area contributed by atoms with Crippen molar-refractivity contribution in [3.8, 4) is 33.2 Å². The lowest BCUT2D eigenvalue weighted by atomic mass is 10.1. The van der Waals surface area contributed by atoms with Crippen molar-refractivity contribution in [2.45, 2.75) is 0 Å². The van der Waals surface area contributed by atoms with Crippen molar-refractivity contribution in [3.05, 3.63) is 90.4 Å². The number of hydrogen-bond acceptors (Lipinski definition) is 3. The molecular formula is C23H15NOS. The Labute approximate surface area is 155 Å². The fourth-order valence-corrected chi connectivity index (χ4v) is 4.07. The zero-order valence-corrected chi connectivity index (χ0v) is 14.7. The summed E-state index contributed by atoms with van der Waals surface area (Å²) in [4.78, 5) is 5.77. The molecule has 0 saturated heterocycles. The number of aromatic nitrogens is 1. The van der Waals surface area contributed by atoms with Crippen LogP contribution in [-0.2, 0) is 0 Å². The van der Waals surface area contributed by atoms with Crippen LogP contribution in [0.25, 0.3) is 44.0 Å². The minimum Gasteiger partial charge on any atom is -0.453 e. The van der Waals surface area contributed by atoms with Crippen LogP contribution in [0.1, 0.15) is 0 Å². The third-order valence-electron chi connectivity index (χ3n) is 4.47. The van der Waals surface area contributed by atoms with Gasteiger partial charge in [0.2, 0.25) is 0 Å². The van der Waals surface area contributed by atoms with Crippen LogP contribution in [0.3, 0.4) is 0 Å². The summed E-state index contributed by atoms with van der Waals surface area (Å²) >= 11 is 1.64. The molecule has 0 unspecified atom stereocenters. The van der Waals surface area contributed by atoms with E-state index in [0.29, 0.717) is 0 Å². The summed E-state index contributed by atoms with van der Waals surface area (Å²) in [6, 6.07) is 28.9. The Hall–Kier alpha value is -3.17. The highest BCUT2D eigenvalue weighted by Crippen LogP contribution is 2.42. The normalized spacial score (nSPS) is 11.1. The van der Waals surface area contributed by atoms with Gasteiger partial charge in [-0.25, -0.2) is 4.98 Å². The Morgan fingerprint density at radius 2 is 1.19 bits per heavy atom. The fraction of sp³-hybridized carbons (Fsp3) is 0. The Balaban J connectivity index is 1.76. The number of nitrogens with zero attached hydrogens (tertiary/aromatic N) is 1. The van der Waals surface area contributed by atoms with Gasteiger partial charge >= 0.3 is 0 Å². The summed E-state index contributed by atoms with van der Waals surface area (Å²) in [5, 5.41) is 2.20. The Morgan fingerprint density at radius 1 is 0.615 bits per heavy atom. The SMILES string of the molecule is c1ccc(-c2scnc2-c2oc(-c3ccccc3)c3ccccc23)cc1. The van der Waals surface area contributed by atoms with E-state index in [1.54, 1.807) is 11.3 Å². The second-order valence-electron chi connectivity index (χ2n) is 6.07. The number of rotatable bonds is 3. The summed E-state index contributed by atoms with van der Waals surface area (Å²) in [6.07, 6.45) is 0. The lowest BCUT2D eigenvalue weighted by Crippen LogP contribution is -1.80. The number of hydrogen-bond donors (Lipinski definition) is 0. The van der Waals surface area contributed by atoms with E-state index in [9.17, 15) is 0 Å². The molecule has 0 atom stereocenters. The highest BCUT2D eigenvalue weighted by Gasteiger charge is 2.20. The van der Waals surface area contributed by atoms with Gasteiger partial charge in [0.1, 0.15) is 11.5 Å². The molecule has 5 aromatic rings. The second kappa shape index (κ2) is 6.28. The first-order valence-electron chi connectivity index (χ1n) is 8.48. The largest absolute Gasteiger partial charge is 0.453 e. The summed E-state index contributed by atoms with van der Waals surface area (Å²) < 4.78 is 6.40. The van der Waals surface area contributed by atoms with E-state index in [-0.39, 0.29) is 0 Å². The van der Waals surface area contributed by atoms with E-state index in [1.807, 2.05) is 41.9 Å². The van der Waals surface area contributed by atoms with Crippen molar-refractivity contribution >= 4 is 22.1 Å². The molecule has 124 valence electrons. The molecule has 3 aromatic carbocycles.